The van der Waals surface area contributed by atoms with Gasteiger partial charge in [-0.2, -0.15) is 0 Å². The maximum Gasteiger partial charge on any atom is 0.250 e. The van der Waals surface area contributed by atoms with Crippen LogP contribution in [0.4, 0.5) is 14.5 Å². The smallest absolute Gasteiger partial charge is 0.250 e. The fourth-order valence-electron chi connectivity index (χ4n) is 3.11. The summed E-state index contributed by atoms with van der Waals surface area (Å²) in [6.45, 7) is 6.83. The maximum atomic E-state index is 13.3. The van der Waals surface area contributed by atoms with E-state index in [1.807, 2.05) is 11.0 Å². The molecule has 1 aromatic rings. The molecule has 1 aromatic carbocycles. The minimum Gasteiger partial charge on any atom is -0.379 e. The van der Waals surface area contributed by atoms with E-state index in [1.165, 1.54) is 6.08 Å². The van der Waals surface area contributed by atoms with E-state index in [0.29, 0.717) is 32.0 Å². The molecule has 0 radical (unpaired) electrons. The molecule has 1 heterocycles. The van der Waals surface area contributed by atoms with Crippen LogP contribution in [0.5, 0.6) is 0 Å². The second kappa shape index (κ2) is 12.1. The predicted molar refractivity (Wildman–Crippen MR) is 110 cm³/mol. The highest BCUT2D eigenvalue weighted by atomic mass is 19.1. The van der Waals surface area contributed by atoms with Crippen molar-refractivity contribution in [2.45, 2.75) is 25.3 Å². The minimum absolute atomic E-state index is 0.0181. The number of ether oxygens (including phenoxy) is 1. The van der Waals surface area contributed by atoms with Gasteiger partial charge in [0.2, 0.25) is 0 Å². The van der Waals surface area contributed by atoms with Crippen LogP contribution in [0.25, 0.3) is 0 Å². The molecule has 0 aromatic heterocycles. The molecule has 1 atom stereocenters. The Hall–Kier alpha value is -2.58. The van der Waals surface area contributed by atoms with E-state index in [4.69, 9.17) is 10.1 Å². The molecule has 2 rings (SSSR count). The highest BCUT2D eigenvalue weighted by molar-refractivity contribution is 6.02. The molecule has 1 fully saturated rings. The molecule has 1 amide bonds. The second-order valence-electron chi connectivity index (χ2n) is 6.77. The number of hydrogen-bond donors (Lipinski definition) is 3. The van der Waals surface area contributed by atoms with Gasteiger partial charge in [-0.3, -0.25) is 4.79 Å². The molecule has 0 saturated carbocycles. The maximum absolute atomic E-state index is 13.3. The summed E-state index contributed by atoms with van der Waals surface area (Å²) in [7, 11) is 0. The number of nitrogens with one attached hydrogen (secondary N) is 3. The van der Waals surface area contributed by atoms with Crippen LogP contribution >= 0.6 is 0 Å². The van der Waals surface area contributed by atoms with Crippen molar-refractivity contribution in [3.63, 3.8) is 0 Å². The van der Waals surface area contributed by atoms with Gasteiger partial charge in [0.1, 0.15) is 11.6 Å². The summed E-state index contributed by atoms with van der Waals surface area (Å²) in [5.74, 6) is -2.11. The SMILES string of the molecule is C=CCCCCOCC1CNCCN1C(C=N)=CC(=O)Nc1cc(F)cc(F)c1. The van der Waals surface area contributed by atoms with Crippen molar-refractivity contribution >= 4 is 17.8 Å². The number of benzene rings is 1. The van der Waals surface area contributed by atoms with E-state index < -0.39 is 17.5 Å². The number of allylic oxidation sites excluding steroid dienone is 2. The number of carbonyl (C=O) groups excluding carboxylic acids is 1. The lowest BCUT2D eigenvalue weighted by Crippen LogP contribution is -2.53. The van der Waals surface area contributed by atoms with Gasteiger partial charge in [-0.1, -0.05) is 6.08 Å². The highest BCUT2D eigenvalue weighted by Gasteiger charge is 2.24. The van der Waals surface area contributed by atoms with Crippen molar-refractivity contribution in [3.8, 4) is 0 Å². The number of hydrogen-bond acceptors (Lipinski definition) is 5. The zero-order valence-electron chi connectivity index (χ0n) is 16.4. The van der Waals surface area contributed by atoms with Crippen LogP contribution in [0.1, 0.15) is 19.3 Å². The first kappa shape index (κ1) is 22.7. The van der Waals surface area contributed by atoms with Crippen LogP contribution < -0.4 is 10.6 Å². The number of rotatable bonds is 11. The molecule has 0 spiro atoms. The standard InChI is InChI=1S/C21H28F2N4O2/c1-2-3-4-5-8-29-15-20-14-25-6-7-27(20)19(13-24)12-21(28)26-18-10-16(22)9-17(23)11-18/h2,9-13,20,24-25H,1,3-8,14-15H2,(H,26,28). The van der Waals surface area contributed by atoms with Crippen molar-refractivity contribution in [1.82, 2.24) is 10.2 Å². The fraction of sp³-hybridized carbons (Fsp3) is 0.429. The lowest BCUT2D eigenvalue weighted by Gasteiger charge is -2.38. The van der Waals surface area contributed by atoms with Gasteiger partial charge in [-0.05, 0) is 31.4 Å². The summed E-state index contributed by atoms with van der Waals surface area (Å²) in [6, 6.07) is 2.78. The molecule has 1 saturated heterocycles. The third kappa shape index (κ3) is 7.75. The third-order valence-electron chi connectivity index (χ3n) is 4.50. The van der Waals surface area contributed by atoms with Gasteiger partial charge in [0.05, 0.1) is 18.3 Å². The number of piperazine rings is 1. The van der Waals surface area contributed by atoms with Gasteiger partial charge in [0.15, 0.2) is 0 Å². The average Bonchev–Trinajstić information content (AvgIpc) is 2.68. The number of nitrogens with zero attached hydrogens (tertiary/aromatic N) is 1. The highest BCUT2D eigenvalue weighted by Crippen LogP contribution is 2.15. The van der Waals surface area contributed by atoms with Gasteiger partial charge in [0, 0.05) is 50.3 Å². The van der Waals surface area contributed by atoms with E-state index in [0.717, 1.165) is 50.2 Å². The van der Waals surface area contributed by atoms with Crippen LogP contribution in [-0.2, 0) is 9.53 Å². The Morgan fingerprint density at radius 2 is 2.10 bits per heavy atom. The molecule has 1 unspecified atom stereocenters. The minimum atomic E-state index is -0.774. The molecule has 1 aliphatic heterocycles. The topological polar surface area (TPSA) is 77.5 Å². The number of anilines is 1. The lowest BCUT2D eigenvalue weighted by molar-refractivity contribution is -0.112. The largest absolute Gasteiger partial charge is 0.379 e. The third-order valence-corrected chi connectivity index (χ3v) is 4.50. The normalized spacial score (nSPS) is 17.1. The van der Waals surface area contributed by atoms with E-state index in [-0.39, 0.29) is 11.7 Å². The molecule has 0 aliphatic carbocycles. The van der Waals surface area contributed by atoms with E-state index in [2.05, 4.69) is 17.2 Å². The monoisotopic (exact) mass is 406 g/mol. The van der Waals surface area contributed by atoms with Gasteiger partial charge in [-0.15, -0.1) is 6.58 Å². The average molecular weight is 406 g/mol. The van der Waals surface area contributed by atoms with Gasteiger partial charge in [-0.25, -0.2) is 8.78 Å². The van der Waals surface area contributed by atoms with E-state index in [9.17, 15) is 13.6 Å². The Morgan fingerprint density at radius 3 is 2.79 bits per heavy atom. The summed E-state index contributed by atoms with van der Waals surface area (Å²) in [4.78, 5) is 14.2. The molecule has 0 bridgehead atoms. The zero-order valence-corrected chi connectivity index (χ0v) is 16.4. The summed E-state index contributed by atoms with van der Waals surface area (Å²) >= 11 is 0. The molecule has 1 aliphatic rings. The Morgan fingerprint density at radius 1 is 1.34 bits per heavy atom. The van der Waals surface area contributed by atoms with Crippen LogP contribution in [0.3, 0.4) is 0 Å². The Bertz CT molecular complexity index is 719. The predicted octanol–water partition coefficient (Wildman–Crippen LogP) is 3.08. The number of carbonyl (C=O) groups is 1. The zero-order chi connectivity index (χ0) is 21.1. The molecule has 3 N–H and O–H groups in total. The first-order chi connectivity index (χ1) is 14.0. The molecule has 6 nitrogen and oxygen atoms in total. The number of amides is 1. The van der Waals surface area contributed by atoms with Gasteiger partial charge < -0.3 is 25.7 Å². The number of halogens is 2. The molecule has 29 heavy (non-hydrogen) atoms. The molecular formula is C21H28F2N4O2. The summed E-state index contributed by atoms with van der Waals surface area (Å²) < 4.78 is 32.3. The fourth-order valence-corrected chi connectivity index (χ4v) is 3.11. The molecular weight excluding hydrogens is 378 g/mol. The second-order valence-corrected chi connectivity index (χ2v) is 6.77. The molecule has 8 heteroatoms. The quantitative estimate of drug-likeness (QED) is 0.228. The van der Waals surface area contributed by atoms with Gasteiger partial charge >= 0.3 is 0 Å². The molecule has 158 valence electrons. The van der Waals surface area contributed by atoms with Gasteiger partial charge in [0.25, 0.3) is 5.91 Å². The van der Waals surface area contributed by atoms with E-state index in [1.54, 1.807) is 0 Å². The van der Waals surface area contributed by atoms with Crippen LogP contribution in [-0.4, -0.2) is 55.9 Å². The first-order valence-corrected chi connectivity index (χ1v) is 9.68. The van der Waals surface area contributed by atoms with E-state index >= 15 is 0 Å². The Labute approximate surface area is 170 Å². The Kier molecular flexibility index (Phi) is 9.46. The summed E-state index contributed by atoms with van der Waals surface area (Å²) in [5, 5.41) is 13.4. The Balaban J connectivity index is 1.97. The van der Waals surface area contributed by atoms with Crippen LogP contribution in [0.15, 0.2) is 42.6 Å². The van der Waals surface area contributed by atoms with Crippen LogP contribution in [0, 0.1) is 17.0 Å². The van der Waals surface area contributed by atoms with Crippen molar-refractivity contribution in [2.75, 3.05) is 38.2 Å². The van der Waals surface area contributed by atoms with Crippen LogP contribution in [0.2, 0.25) is 0 Å². The first-order valence-electron chi connectivity index (χ1n) is 9.68. The van der Waals surface area contributed by atoms with Crippen molar-refractivity contribution < 1.29 is 18.3 Å². The van der Waals surface area contributed by atoms with Crippen molar-refractivity contribution in [2.24, 2.45) is 0 Å². The van der Waals surface area contributed by atoms with Crippen molar-refractivity contribution in [1.29, 1.82) is 5.41 Å². The number of unbranched alkanes of at least 4 members (excludes halogenated alkanes) is 2. The van der Waals surface area contributed by atoms with Crippen molar-refractivity contribution in [3.05, 3.63) is 54.3 Å². The lowest BCUT2D eigenvalue weighted by atomic mass is 10.1. The summed E-state index contributed by atoms with van der Waals surface area (Å²) in [6.07, 6.45) is 7.20. The summed E-state index contributed by atoms with van der Waals surface area (Å²) in [5.41, 5.74) is 0.439.